The molecule has 2 aromatic rings. The average molecular weight is 461 g/mol. The minimum Gasteiger partial charge on any atom is -0.354 e. The smallest absolute Gasteiger partial charge is 0.226 e. The zero-order valence-electron chi connectivity index (χ0n) is 12.8. The molecule has 0 saturated heterocycles. The van der Waals surface area contributed by atoms with Crippen molar-refractivity contribution in [2.75, 3.05) is 13.1 Å². The first kappa shape index (κ1) is 22.8. The van der Waals surface area contributed by atoms with E-state index in [9.17, 15) is 4.79 Å². The number of halogens is 3. The molecule has 4 nitrogen and oxygen atoms in total. The number of likely N-dealkylation sites (N-methyl/N-ethyl adjacent to an activating group) is 1. The number of hydrogen-bond acceptors (Lipinski definition) is 5. The standard InChI is InChI=1S/C14H18BrN3OS2.2ClH/c1-3-16-9(2)6-17-13(19)5-11-8-21-14(18-11)12-4-10(15)7-20-12;;/h4,7-9,16H,3,5-6H2,1-2H3,(H,17,19);2*1H/t9-;;/m1../s1. The molecule has 0 bridgehead atoms. The van der Waals surface area contributed by atoms with Crippen LogP contribution >= 0.6 is 63.4 Å². The summed E-state index contributed by atoms with van der Waals surface area (Å²) in [6, 6.07) is 2.33. The van der Waals surface area contributed by atoms with Crippen LogP contribution in [0, 0.1) is 0 Å². The van der Waals surface area contributed by atoms with Crippen molar-refractivity contribution < 1.29 is 4.79 Å². The van der Waals surface area contributed by atoms with Crippen LogP contribution in [0.1, 0.15) is 19.5 Å². The molecular formula is C14H20BrCl2N3OS2. The molecular weight excluding hydrogens is 441 g/mol. The van der Waals surface area contributed by atoms with Crippen LogP contribution in [0.5, 0.6) is 0 Å². The van der Waals surface area contributed by atoms with Crippen LogP contribution in [-0.2, 0) is 11.2 Å². The Balaban J connectivity index is 0.00000242. The predicted octanol–water partition coefficient (Wildman–Crippen LogP) is 4.13. The summed E-state index contributed by atoms with van der Waals surface area (Å²) in [4.78, 5) is 17.5. The Bertz CT molecular complexity index is 606. The number of hydrogen-bond donors (Lipinski definition) is 2. The van der Waals surface area contributed by atoms with Crippen LogP contribution < -0.4 is 10.6 Å². The summed E-state index contributed by atoms with van der Waals surface area (Å²) < 4.78 is 1.06. The van der Waals surface area contributed by atoms with Gasteiger partial charge in [0.1, 0.15) is 5.01 Å². The van der Waals surface area contributed by atoms with Crippen molar-refractivity contribution in [2.24, 2.45) is 0 Å². The van der Waals surface area contributed by atoms with Crippen molar-refractivity contribution in [3.05, 3.63) is 27.0 Å². The molecule has 0 aliphatic rings. The van der Waals surface area contributed by atoms with Crippen molar-refractivity contribution in [3.8, 4) is 9.88 Å². The third-order valence-corrected chi connectivity index (χ3v) is 5.58. The van der Waals surface area contributed by atoms with Crippen molar-refractivity contribution >= 4 is 69.3 Å². The molecule has 2 heterocycles. The maximum Gasteiger partial charge on any atom is 0.226 e. The van der Waals surface area contributed by atoms with E-state index in [1.807, 2.05) is 16.8 Å². The van der Waals surface area contributed by atoms with E-state index in [0.717, 1.165) is 26.6 Å². The van der Waals surface area contributed by atoms with Gasteiger partial charge < -0.3 is 10.6 Å². The number of aromatic nitrogens is 1. The molecule has 2 rings (SSSR count). The number of carbonyl (C=O) groups excluding carboxylic acids is 1. The van der Waals surface area contributed by atoms with E-state index in [0.29, 0.717) is 13.0 Å². The molecule has 2 N–H and O–H groups in total. The molecule has 1 amide bonds. The van der Waals surface area contributed by atoms with Crippen LogP contribution in [0.4, 0.5) is 0 Å². The fourth-order valence-corrected chi connectivity index (χ4v) is 4.17. The van der Waals surface area contributed by atoms with Gasteiger partial charge in [-0.2, -0.15) is 0 Å². The van der Waals surface area contributed by atoms with Gasteiger partial charge in [-0.3, -0.25) is 4.79 Å². The van der Waals surface area contributed by atoms with Gasteiger partial charge in [-0.15, -0.1) is 47.5 Å². The van der Waals surface area contributed by atoms with Crippen LogP contribution in [0.15, 0.2) is 21.3 Å². The number of thiophene rings is 1. The second-order valence-electron chi connectivity index (χ2n) is 4.71. The SMILES string of the molecule is CCN[C@H](C)CNC(=O)Cc1csc(-c2cc(Br)cs2)n1.Cl.Cl. The van der Waals surface area contributed by atoms with Gasteiger partial charge in [-0.1, -0.05) is 6.92 Å². The molecule has 0 fully saturated rings. The molecule has 0 aliphatic carbocycles. The summed E-state index contributed by atoms with van der Waals surface area (Å²) in [6.07, 6.45) is 0.335. The maximum atomic E-state index is 11.9. The van der Waals surface area contributed by atoms with Gasteiger partial charge in [0.15, 0.2) is 0 Å². The van der Waals surface area contributed by atoms with Crippen LogP contribution in [-0.4, -0.2) is 30.0 Å². The highest BCUT2D eigenvalue weighted by molar-refractivity contribution is 9.10. The van der Waals surface area contributed by atoms with Crippen LogP contribution in [0.25, 0.3) is 9.88 Å². The Hall–Kier alpha value is -0.180. The molecule has 0 spiro atoms. The van der Waals surface area contributed by atoms with Crippen molar-refractivity contribution in [1.82, 2.24) is 15.6 Å². The first-order chi connectivity index (χ1) is 10.1. The lowest BCUT2D eigenvalue weighted by Crippen LogP contribution is -2.39. The number of nitrogens with zero attached hydrogens (tertiary/aromatic N) is 1. The van der Waals surface area contributed by atoms with Gasteiger partial charge in [-0.05, 0) is 35.5 Å². The van der Waals surface area contributed by atoms with Crippen molar-refractivity contribution in [1.29, 1.82) is 0 Å². The second-order valence-corrected chi connectivity index (χ2v) is 7.40. The van der Waals surface area contributed by atoms with Crippen molar-refractivity contribution in [3.63, 3.8) is 0 Å². The van der Waals surface area contributed by atoms with E-state index in [2.05, 4.69) is 45.4 Å². The Labute approximate surface area is 165 Å². The highest BCUT2D eigenvalue weighted by Gasteiger charge is 2.11. The molecule has 0 aliphatic heterocycles. The summed E-state index contributed by atoms with van der Waals surface area (Å²) in [6.45, 7) is 5.65. The van der Waals surface area contributed by atoms with Gasteiger partial charge in [0.25, 0.3) is 0 Å². The monoisotopic (exact) mass is 459 g/mol. The van der Waals surface area contributed by atoms with Gasteiger partial charge in [0, 0.05) is 27.8 Å². The van der Waals surface area contributed by atoms with Crippen LogP contribution in [0.2, 0.25) is 0 Å². The zero-order chi connectivity index (χ0) is 15.2. The normalized spacial score (nSPS) is 11.3. The Morgan fingerprint density at radius 2 is 2.09 bits per heavy atom. The third kappa shape index (κ3) is 7.49. The highest BCUT2D eigenvalue weighted by atomic mass is 79.9. The molecule has 0 aromatic carbocycles. The fourth-order valence-electron chi connectivity index (χ4n) is 1.84. The average Bonchev–Trinajstić information content (AvgIpc) is 3.06. The number of thiazole rings is 1. The van der Waals surface area contributed by atoms with E-state index < -0.39 is 0 Å². The lowest BCUT2D eigenvalue weighted by molar-refractivity contribution is -0.120. The Morgan fingerprint density at radius 3 is 2.70 bits per heavy atom. The lowest BCUT2D eigenvalue weighted by Gasteiger charge is -2.12. The summed E-state index contributed by atoms with van der Waals surface area (Å²) in [7, 11) is 0. The fraction of sp³-hybridized carbons (Fsp3) is 0.429. The molecule has 0 unspecified atom stereocenters. The molecule has 0 saturated carbocycles. The number of nitrogens with one attached hydrogen (secondary N) is 2. The summed E-state index contributed by atoms with van der Waals surface area (Å²) in [5.41, 5.74) is 0.827. The summed E-state index contributed by atoms with van der Waals surface area (Å²) in [5.74, 6) is 0.0176. The van der Waals surface area contributed by atoms with Gasteiger partial charge in [0.05, 0.1) is 17.0 Å². The summed E-state index contributed by atoms with van der Waals surface area (Å²) >= 11 is 6.66. The predicted molar refractivity (Wildman–Crippen MR) is 107 cm³/mol. The minimum absolute atomic E-state index is 0. The Morgan fingerprint density at radius 1 is 1.35 bits per heavy atom. The first-order valence-electron chi connectivity index (χ1n) is 6.77. The van der Waals surface area contributed by atoms with Crippen molar-refractivity contribution in [2.45, 2.75) is 26.3 Å². The third-order valence-electron chi connectivity index (χ3n) is 2.83. The topological polar surface area (TPSA) is 54.0 Å². The van der Waals surface area contributed by atoms with Crippen LogP contribution in [0.3, 0.4) is 0 Å². The molecule has 23 heavy (non-hydrogen) atoms. The maximum absolute atomic E-state index is 11.9. The molecule has 130 valence electrons. The number of carbonyl (C=O) groups is 1. The minimum atomic E-state index is 0. The second kappa shape index (κ2) is 11.4. The van der Waals surface area contributed by atoms with Gasteiger partial charge in [0.2, 0.25) is 5.91 Å². The zero-order valence-corrected chi connectivity index (χ0v) is 17.6. The quantitative estimate of drug-likeness (QED) is 0.652. The van der Waals surface area contributed by atoms with Gasteiger partial charge in [-0.25, -0.2) is 4.98 Å². The largest absolute Gasteiger partial charge is 0.354 e. The van der Waals surface area contributed by atoms with E-state index in [-0.39, 0.29) is 36.8 Å². The first-order valence-corrected chi connectivity index (χ1v) is 9.32. The molecule has 2 aromatic heterocycles. The lowest BCUT2D eigenvalue weighted by atomic mass is 10.3. The molecule has 0 radical (unpaired) electrons. The molecule has 9 heteroatoms. The Kier molecular flexibility index (Phi) is 11.3. The number of rotatable bonds is 7. The van der Waals surface area contributed by atoms with E-state index in [4.69, 9.17) is 0 Å². The highest BCUT2D eigenvalue weighted by Crippen LogP contribution is 2.31. The molecule has 1 atom stereocenters. The van der Waals surface area contributed by atoms with E-state index >= 15 is 0 Å². The van der Waals surface area contributed by atoms with E-state index in [1.165, 1.54) is 0 Å². The van der Waals surface area contributed by atoms with Gasteiger partial charge >= 0.3 is 0 Å². The van der Waals surface area contributed by atoms with E-state index in [1.54, 1.807) is 22.7 Å². The summed E-state index contributed by atoms with van der Waals surface area (Å²) in [5, 5.41) is 11.1. The number of amides is 1.